The summed E-state index contributed by atoms with van der Waals surface area (Å²) in [4.78, 5) is 4.88. The van der Waals surface area contributed by atoms with E-state index in [9.17, 15) is 0 Å². The average molecular weight is 476 g/mol. The molecular formula is C32H29NO3. The molecule has 0 aromatic heterocycles. The highest BCUT2D eigenvalue weighted by Crippen LogP contribution is 2.46. The van der Waals surface area contributed by atoms with Gasteiger partial charge in [0.2, 0.25) is 0 Å². The zero-order valence-corrected chi connectivity index (χ0v) is 20.8. The van der Waals surface area contributed by atoms with Gasteiger partial charge in [-0.2, -0.15) is 0 Å². The van der Waals surface area contributed by atoms with Crippen LogP contribution in [0.4, 0.5) is 0 Å². The van der Waals surface area contributed by atoms with Crippen molar-refractivity contribution in [3.05, 3.63) is 130 Å². The molecule has 0 fully saturated rings. The summed E-state index contributed by atoms with van der Waals surface area (Å²) >= 11 is 0. The van der Waals surface area contributed by atoms with E-state index in [2.05, 4.69) is 55.5 Å². The number of rotatable bonds is 7. The molecule has 4 nitrogen and oxygen atoms in total. The molecule has 0 bridgehead atoms. The maximum atomic E-state index is 6.59. The van der Waals surface area contributed by atoms with Crippen LogP contribution in [0.2, 0.25) is 0 Å². The summed E-state index contributed by atoms with van der Waals surface area (Å²) in [6, 6.07) is 32.9. The molecular weight excluding hydrogens is 446 g/mol. The van der Waals surface area contributed by atoms with Crippen LogP contribution in [-0.2, 0) is 6.54 Å². The highest BCUT2D eigenvalue weighted by Gasteiger charge is 2.32. The Morgan fingerprint density at radius 2 is 1.47 bits per heavy atom. The highest BCUT2D eigenvalue weighted by molar-refractivity contribution is 5.94. The van der Waals surface area contributed by atoms with Crippen molar-refractivity contribution in [2.24, 2.45) is 4.99 Å². The van der Waals surface area contributed by atoms with E-state index in [1.54, 1.807) is 14.2 Å². The van der Waals surface area contributed by atoms with Crippen molar-refractivity contribution in [2.45, 2.75) is 19.4 Å². The predicted molar refractivity (Wildman–Crippen MR) is 145 cm³/mol. The van der Waals surface area contributed by atoms with Gasteiger partial charge in [0, 0.05) is 28.8 Å². The van der Waals surface area contributed by atoms with Gasteiger partial charge in [-0.05, 0) is 47.9 Å². The summed E-state index contributed by atoms with van der Waals surface area (Å²) in [6.07, 6.45) is 1.98. The largest absolute Gasteiger partial charge is 0.493 e. The smallest absolute Gasteiger partial charge is 0.161 e. The van der Waals surface area contributed by atoms with Crippen LogP contribution in [0.5, 0.6) is 17.2 Å². The van der Waals surface area contributed by atoms with Gasteiger partial charge in [-0.3, -0.25) is 4.99 Å². The van der Waals surface area contributed by atoms with Crippen molar-refractivity contribution < 1.29 is 14.2 Å². The quantitative estimate of drug-likeness (QED) is 0.265. The minimum Gasteiger partial charge on any atom is -0.493 e. The lowest BCUT2D eigenvalue weighted by Crippen LogP contribution is -2.18. The first kappa shape index (κ1) is 23.4. The van der Waals surface area contributed by atoms with Crippen LogP contribution in [0.25, 0.3) is 5.76 Å². The van der Waals surface area contributed by atoms with Gasteiger partial charge in [-0.15, -0.1) is 0 Å². The van der Waals surface area contributed by atoms with Gasteiger partial charge in [0.15, 0.2) is 11.5 Å². The van der Waals surface area contributed by atoms with E-state index in [1.807, 2.05) is 54.7 Å². The fourth-order valence-corrected chi connectivity index (χ4v) is 4.69. The lowest BCUT2D eigenvalue weighted by molar-refractivity contribution is 0.354. The van der Waals surface area contributed by atoms with Crippen LogP contribution >= 0.6 is 0 Å². The van der Waals surface area contributed by atoms with E-state index >= 15 is 0 Å². The van der Waals surface area contributed by atoms with Crippen molar-refractivity contribution in [1.82, 2.24) is 0 Å². The van der Waals surface area contributed by atoms with Crippen molar-refractivity contribution >= 4 is 12.0 Å². The van der Waals surface area contributed by atoms with Crippen molar-refractivity contribution in [2.75, 3.05) is 14.2 Å². The fraction of sp³-hybridized carbons (Fsp3) is 0.156. The molecule has 0 aliphatic carbocycles. The molecule has 1 aliphatic heterocycles. The molecule has 0 N–H and O–H groups in total. The Hall–Kier alpha value is -4.31. The van der Waals surface area contributed by atoms with Gasteiger partial charge in [0.05, 0.1) is 20.8 Å². The molecule has 180 valence electrons. The van der Waals surface area contributed by atoms with E-state index in [0.29, 0.717) is 18.0 Å². The summed E-state index contributed by atoms with van der Waals surface area (Å²) in [6.45, 7) is 2.74. The summed E-state index contributed by atoms with van der Waals surface area (Å²) in [5, 5.41) is 0. The van der Waals surface area contributed by atoms with Crippen LogP contribution in [0.3, 0.4) is 0 Å². The van der Waals surface area contributed by atoms with E-state index < -0.39 is 0 Å². The molecule has 4 aromatic rings. The molecule has 36 heavy (non-hydrogen) atoms. The number of benzene rings is 4. The molecule has 0 unspecified atom stereocenters. The number of allylic oxidation sites excluding steroid dienone is 1. The molecule has 4 heteroatoms. The van der Waals surface area contributed by atoms with Crippen molar-refractivity contribution in [1.29, 1.82) is 0 Å². The van der Waals surface area contributed by atoms with Crippen LogP contribution in [-0.4, -0.2) is 20.4 Å². The number of para-hydroxylation sites is 1. The number of aryl methyl sites for hydroxylation is 1. The van der Waals surface area contributed by atoms with Crippen LogP contribution in [0.15, 0.2) is 108 Å². The molecule has 1 aliphatic rings. The Morgan fingerprint density at radius 3 is 2.22 bits per heavy atom. The minimum atomic E-state index is -0.0289. The molecule has 0 spiro atoms. The number of aliphatic imine (C=N–C) groups is 1. The molecule has 1 heterocycles. The summed E-state index contributed by atoms with van der Waals surface area (Å²) in [5.74, 6) is 2.90. The number of methoxy groups -OCH3 is 2. The number of ether oxygens (including phenoxy) is 3. The molecule has 0 saturated carbocycles. The van der Waals surface area contributed by atoms with E-state index in [0.717, 1.165) is 33.8 Å². The first-order chi connectivity index (χ1) is 17.7. The molecule has 4 aromatic carbocycles. The molecule has 0 saturated heterocycles. The first-order valence-corrected chi connectivity index (χ1v) is 12.0. The second kappa shape index (κ2) is 10.5. The van der Waals surface area contributed by atoms with Crippen LogP contribution in [0.1, 0.15) is 33.7 Å². The van der Waals surface area contributed by atoms with Gasteiger partial charge < -0.3 is 14.2 Å². The van der Waals surface area contributed by atoms with Gasteiger partial charge in [-0.25, -0.2) is 0 Å². The van der Waals surface area contributed by atoms with Crippen molar-refractivity contribution in [3.8, 4) is 17.2 Å². The third kappa shape index (κ3) is 4.63. The van der Waals surface area contributed by atoms with Gasteiger partial charge in [0.1, 0.15) is 11.5 Å². The summed E-state index contributed by atoms with van der Waals surface area (Å²) in [5.41, 5.74) is 6.64. The fourth-order valence-electron chi connectivity index (χ4n) is 4.69. The van der Waals surface area contributed by atoms with Gasteiger partial charge in [0.25, 0.3) is 0 Å². The number of hydrogen-bond donors (Lipinski definition) is 0. The van der Waals surface area contributed by atoms with E-state index in [-0.39, 0.29) is 5.92 Å². The molecule has 1 atom stereocenters. The summed E-state index contributed by atoms with van der Waals surface area (Å²) in [7, 11) is 3.28. The summed E-state index contributed by atoms with van der Waals surface area (Å²) < 4.78 is 17.7. The normalized spacial score (nSPS) is 14.9. The predicted octanol–water partition coefficient (Wildman–Crippen LogP) is 7.22. The molecule has 0 amide bonds. The lowest BCUT2D eigenvalue weighted by Gasteiger charge is -2.31. The Morgan fingerprint density at radius 1 is 0.778 bits per heavy atom. The van der Waals surface area contributed by atoms with E-state index in [1.165, 1.54) is 11.1 Å². The molecule has 0 radical (unpaired) electrons. The zero-order chi connectivity index (χ0) is 24.9. The number of hydrogen-bond acceptors (Lipinski definition) is 4. The molecule has 5 rings (SSSR count). The Labute approximate surface area is 212 Å². The topological polar surface area (TPSA) is 40.0 Å². The Bertz CT molecular complexity index is 1420. The first-order valence-electron chi connectivity index (χ1n) is 12.0. The second-order valence-corrected chi connectivity index (χ2v) is 8.74. The highest BCUT2D eigenvalue weighted by atomic mass is 16.5. The Balaban J connectivity index is 1.70. The third-order valence-electron chi connectivity index (χ3n) is 6.51. The second-order valence-electron chi connectivity index (χ2n) is 8.74. The van der Waals surface area contributed by atoms with Crippen LogP contribution in [0, 0.1) is 6.92 Å². The average Bonchev–Trinajstić information content (AvgIpc) is 2.93. The van der Waals surface area contributed by atoms with Crippen molar-refractivity contribution in [3.63, 3.8) is 0 Å². The van der Waals surface area contributed by atoms with Crippen LogP contribution < -0.4 is 14.2 Å². The van der Waals surface area contributed by atoms with E-state index in [4.69, 9.17) is 19.2 Å². The maximum absolute atomic E-state index is 6.59. The standard InChI is InChI=1S/C32H29NO3/c1-22-11-7-8-14-25(22)31-26-15-9-10-16-28(26)36-32(24-17-18-29(34-2)30(19-24)35-3)27(31)21-33-20-23-12-5-4-6-13-23/h4-19,21,31H,20H2,1-3H3/t31-/m0/s1. The Kier molecular flexibility index (Phi) is 6.85. The number of fused-ring (bicyclic) bond motifs is 1. The lowest BCUT2D eigenvalue weighted by atomic mass is 9.80. The van der Waals surface area contributed by atoms with Gasteiger partial charge >= 0.3 is 0 Å². The maximum Gasteiger partial charge on any atom is 0.161 e. The SMILES string of the molecule is COc1ccc(C2=C(C=NCc3ccccc3)[C@@H](c3ccccc3C)c3ccccc3O2)cc1OC. The van der Waals surface area contributed by atoms with Gasteiger partial charge in [-0.1, -0.05) is 72.8 Å². The third-order valence-corrected chi connectivity index (χ3v) is 6.51. The minimum absolute atomic E-state index is 0.0289. The number of nitrogens with zero attached hydrogens (tertiary/aromatic N) is 1. The monoisotopic (exact) mass is 475 g/mol. The zero-order valence-electron chi connectivity index (χ0n) is 20.8.